The molecule has 2 heteroatoms. The van der Waals surface area contributed by atoms with Crippen LogP contribution in [0, 0.1) is 16.7 Å². The fourth-order valence-corrected chi connectivity index (χ4v) is 2.64. The Hall–Kier alpha value is -2.40. The molecule has 0 atom stereocenters. The van der Waals surface area contributed by atoms with Crippen LogP contribution in [-0.4, -0.2) is 6.21 Å². The van der Waals surface area contributed by atoms with Gasteiger partial charge in [-0.05, 0) is 35.4 Å². The summed E-state index contributed by atoms with van der Waals surface area (Å²) in [6.07, 6.45) is 3.32. The van der Waals surface area contributed by atoms with Gasteiger partial charge in [0.2, 0.25) is 0 Å². The number of rotatable bonds is 4. The Morgan fingerprint density at radius 1 is 1.10 bits per heavy atom. The third-order valence-electron chi connectivity index (χ3n) is 3.71. The van der Waals surface area contributed by atoms with Gasteiger partial charge >= 0.3 is 0 Å². The van der Waals surface area contributed by atoms with E-state index in [2.05, 4.69) is 19.9 Å². The van der Waals surface area contributed by atoms with Crippen molar-refractivity contribution in [1.82, 2.24) is 0 Å². The van der Waals surface area contributed by atoms with Crippen molar-refractivity contribution in [3.8, 4) is 6.07 Å². The maximum atomic E-state index is 9.22. The standard InChI is InChI=1S/C18H18N2/c1-3-13(4-2)18(12-20)17-10-6-8-15-14(11-19)7-5-9-16(15)17/h5-10,12,20H,3-4H2,1-2H3. The van der Waals surface area contributed by atoms with Crippen molar-refractivity contribution >= 4 is 22.6 Å². The monoisotopic (exact) mass is 262 g/mol. The molecule has 0 bridgehead atoms. The first-order valence-electron chi connectivity index (χ1n) is 6.91. The number of nitrogens with one attached hydrogen (secondary N) is 1. The molecule has 0 amide bonds. The topological polar surface area (TPSA) is 47.6 Å². The molecular weight excluding hydrogens is 244 g/mol. The molecular formula is C18H18N2. The molecule has 0 aromatic heterocycles. The van der Waals surface area contributed by atoms with Crippen molar-refractivity contribution in [1.29, 1.82) is 10.7 Å². The van der Waals surface area contributed by atoms with Crippen LogP contribution in [0.2, 0.25) is 0 Å². The number of hydrogen-bond donors (Lipinski definition) is 1. The van der Waals surface area contributed by atoms with E-state index in [1.807, 2.05) is 36.4 Å². The minimum atomic E-state index is 0.684. The quantitative estimate of drug-likeness (QED) is 0.780. The van der Waals surface area contributed by atoms with E-state index in [0.29, 0.717) is 5.56 Å². The Labute approximate surface area is 119 Å². The number of hydrogen-bond acceptors (Lipinski definition) is 2. The molecule has 2 rings (SSSR count). The summed E-state index contributed by atoms with van der Waals surface area (Å²) in [6.45, 7) is 4.24. The predicted octanol–water partition coefficient (Wildman–Crippen LogP) is 4.93. The first-order chi connectivity index (χ1) is 9.76. The second kappa shape index (κ2) is 6.16. The first kappa shape index (κ1) is 14.0. The summed E-state index contributed by atoms with van der Waals surface area (Å²) in [7, 11) is 0. The van der Waals surface area contributed by atoms with E-state index in [9.17, 15) is 5.26 Å². The van der Waals surface area contributed by atoms with E-state index in [4.69, 9.17) is 5.41 Å². The van der Waals surface area contributed by atoms with Gasteiger partial charge in [0.15, 0.2) is 0 Å². The zero-order chi connectivity index (χ0) is 14.5. The minimum absolute atomic E-state index is 0.684. The SMILES string of the molecule is CCC(CC)=C(C=N)c1cccc2c(C#N)cccc12. The van der Waals surface area contributed by atoms with Crippen molar-refractivity contribution in [2.45, 2.75) is 26.7 Å². The van der Waals surface area contributed by atoms with E-state index in [-0.39, 0.29) is 0 Å². The third-order valence-corrected chi connectivity index (χ3v) is 3.71. The molecule has 0 aliphatic heterocycles. The number of allylic oxidation sites excluding steroid dienone is 2. The van der Waals surface area contributed by atoms with E-state index < -0.39 is 0 Å². The number of nitrogens with zero attached hydrogens (tertiary/aromatic N) is 1. The lowest BCUT2D eigenvalue weighted by atomic mass is 9.92. The zero-order valence-corrected chi connectivity index (χ0v) is 11.9. The summed E-state index contributed by atoms with van der Waals surface area (Å²) >= 11 is 0. The number of benzene rings is 2. The Kier molecular flexibility index (Phi) is 4.32. The van der Waals surface area contributed by atoms with Gasteiger partial charge in [0.25, 0.3) is 0 Å². The molecule has 0 fully saturated rings. The normalized spacial score (nSPS) is 10.1. The van der Waals surface area contributed by atoms with E-state index in [0.717, 1.165) is 34.8 Å². The summed E-state index contributed by atoms with van der Waals surface area (Å²) in [5, 5.41) is 19.0. The number of fused-ring (bicyclic) bond motifs is 1. The lowest BCUT2D eigenvalue weighted by Crippen LogP contribution is -1.94. The zero-order valence-electron chi connectivity index (χ0n) is 11.9. The summed E-state index contributed by atoms with van der Waals surface area (Å²) in [4.78, 5) is 0. The molecule has 0 heterocycles. The maximum Gasteiger partial charge on any atom is 0.0998 e. The second-order valence-electron chi connectivity index (χ2n) is 4.69. The molecule has 20 heavy (non-hydrogen) atoms. The van der Waals surface area contributed by atoms with Gasteiger partial charge in [-0.2, -0.15) is 5.26 Å². The van der Waals surface area contributed by atoms with Crippen LogP contribution in [0.25, 0.3) is 16.3 Å². The van der Waals surface area contributed by atoms with Crippen LogP contribution >= 0.6 is 0 Å². The lowest BCUT2D eigenvalue weighted by Gasteiger charge is -2.12. The molecule has 0 spiro atoms. The van der Waals surface area contributed by atoms with Crippen molar-refractivity contribution in [2.75, 3.05) is 0 Å². The van der Waals surface area contributed by atoms with Gasteiger partial charge < -0.3 is 5.41 Å². The molecule has 0 radical (unpaired) electrons. The highest BCUT2D eigenvalue weighted by Crippen LogP contribution is 2.29. The van der Waals surface area contributed by atoms with E-state index >= 15 is 0 Å². The fourth-order valence-electron chi connectivity index (χ4n) is 2.64. The van der Waals surface area contributed by atoms with Crippen LogP contribution in [0.3, 0.4) is 0 Å². The molecule has 0 unspecified atom stereocenters. The van der Waals surface area contributed by atoms with E-state index in [1.54, 1.807) is 0 Å². The highest BCUT2D eigenvalue weighted by Gasteiger charge is 2.10. The maximum absolute atomic E-state index is 9.22. The molecule has 2 aromatic rings. The fraction of sp³-hybridized carbons (Fsp3) is 0.222. The van der Waals surface area contributed by atoms with Gasteiger partial charge in [0.1, 0.15) is 0 Å². The van der Waals surface area contributed by atoms with Gasteiger partial charge in [-0.15, -0.1) is 0 Å². The van der Waals surface area contributed by atoms with Gasteiger partial charge in [0, 0.05) is 11.6 Å². The molecule has 1 N–H and O–H groups in total. The van der Waals surface area contributed by atoms with Crippen LogP contribution in [0.4, 0.5) is 0 Å². The first-order valence-corrected chi connectivity index (χ1v) is 6.91. The Morgan fingerprint density at radius 2 is 1.75 bits per heavy atom. The van der Waals surface area contributed by atoms with E-state index in [1.165, 1.54) is 11.8 Å². The van der Waals surface area contributed by atoms with Gasteiger partial charge in [-0.1, -0.05) is 49.8 Å². The highest BCUT2D eigenvalue weighted by molar-refractivity contribution is 6.15. The van der Waals surface area contributed by atoms with Crippen LogP contribution in [-0.2, 0) is 0 Å². The summed E-state index contributed by atoms with van der Waals surface area (Å²) < 4.78 is 0. The summed E-state index contributed by atoms with van der Waals surface area (Å²) in [5.41, 5.74) is 3.99. The third kappa shape index (κ3) is 2.35. The molecule has 0 aliphatic carbocycles. The highest BCUT2D eigenvalue weighted by atomic mass is 14.3. The summed E-state index contributed by atoms with van der Waals surface area (Å²) in [6, 6.07) is 14.0. The molecule has 2 nitrogen and oxygen atoms in total. The average molecular weight is 262 g/mol. The van der Waals surface area contributed by atoms with Crippen molar-refractivity contribution in [2.24, 2.45) is 0 Å². The average Bonchev–Trinajstić information content (AvgIpc) is 2.51. The molecule has 100 valence electrons. The molecule has 0 saturated heterocycles. The largest absolute Gasteiger partial charge is 0.308 e. The Balaban J connectivity index is 2.82. The molecule has 2 aromatic carbocycles. The van der Waals surface area contributed by atoms with Crippen LogP contribution < -0.4 is 0 Å². The Bertz CT molecular complexity index is 712. The van der Waals surface area contributed by atoms with Crippen LogP contribution in [0.5, 0.6) is 0 Å². The lowest BCUT2D eigenvalue weighted by molar-refractivity contribution is 0.986. The van der Waals surface area contributed by atoms with Gasteiger partial charge in [-0.25, -0.2) is 0 Å². The van der Waals surface area contributed by atoms with Crippen LogP contribution in [0.15, 0.2) is 42.0 Å². The summed E-state index contributed by atoms with van der Waals surface area (Å²) in [5.74, 6) is 0. The van der Waals surface area contributed by atoms with Gasteiger partial charge in [-0.3, -0.25) is 0 Å². The number of nitriles is 1. The smallest absolute Gasteiger partial charge is 0.0998 e. The van der Waals surface area contributed by atoms with Gasteiger partial charge in [0.05, 0.1) is 11.6 Å². The van der Waals surface area contributed by atoms with Crippen molar-refractivity contribution < 1.29 is 0 Å². The van der Waals surface area contributed by atoms with Crippen molar-refractivity contribution in [3.63, 3.8) is 0 Å². The molecule has 0 aliphatic rings. The van der Waals surface area contributed by atoms with Crippen molar-refractivity contribution in [3.05, 3.63) is 53.1 Å². The molecule has 0 saturated carbocycles. The minimum Gasteiger partial charge on any atom is -0.308 e. The predicted molar refractivity (Wildman–Crippen MR) is 84.9 cm³/mol. The second-order valence-corrected chi connectivity index (χ2v) is 4.69. The Morgan fingerprint density at radius 3 is 2.35 bits per heavy atom. The van der Waals surface area contributed by atoms with Crippen LogP contribution in [0.1, 0.15) is 37.8 Å².